The number of fused-ring (bicyclic) bond motifs is 1. The monoisotopic (exact) mass is 504 g/mol. The van der Waals surface area contributed by atoms with Gasteiger partial charge in [0.05, 0.1) is 10.4 Å². The van der Waals surface area contributed by atoms with Crippen LogP contribution in [-0.2, 0) is 14.8 Å². The lowest BCUT2D eigenvalue weighted by molar-refractivity contribution is -0.114. The fraction of sp³-hybridized carbons (Fsp3) is 0.435. The van der Waals surface area contributed by atoms with Gasteiger partial charge >= 0.3 is 6.03 Å². The Labute approximate surface area is 203 Å². The number of halogens is 1. The van der Waals surface area contributed by atoms with E-state index in [9.17, 15) is 22.4 Å². The van der Waals surface area contributed by atoms with Crippen LogP contribution in [0.15, 0.2) is 41.6 Å². The minimum absolute atomic E-state index is 0.0470. The summed E-state index contributed by atoms with van der Waals surface area (Å²) in [6.45, 7) is 6.79. The molecule has 2 heterocycles. The summed E-state index contributed by atoms with van der Waals surface area (Å²) in [5, 5.41) is 2.99. The second-order valence-electron chi connectivity index (χ2n) is 9.38. The molecule has 1 aliphatic heterocycles. The van der Waals surface area contributed by atoms with Crippen molar-refractivity contribution >= 4 is 44.4 Å². The minimum Gasteiger partial charge on any atom is -0.367 e. The summed E-state index contributed by atoms with van der Waals surface area (Å²) in [5.74, 6) is -2.10. The average molecular weight is 505 g/mol. The van der Waals surface area contributed by atoms with Crippen molar-refractivity contribution in [2.45, 2.75) is 30.2 Å². The van der Waals surface area contributed by atoms with E-state index in [1.54, 1.807) is 31.1 Å². The molecular formula is C23H29FN6O4S. The highest BCUT2D eigenvalue weighted by Gasteiger charge is 2.41. The van der Waals surface area contributed by atoms with E-state index >= 15 is 0 Å². The fourth-order valence-corrected chi connectivity index (χ4v) is 5.46. The third-order valence-electron chi connectivity index (χ3n) is 6.21. The van der Waals surface area contributed by atoms with Gasteiger partial charge in [0.1, 0.15) is 5.82 Å². The van der Waals surface area contributed by atoms with Crippen LogP contribution in [0.3, 0.4) is 0 Å². The van der Waals surface area contributed by atoms with Crippen LogP contribution in [-0.4, -0.2) is 81.0 Å². The highest BCUT2D eigenvalue weighted by molar-refractivity contribution is 7.89. The number of urea groups is 1. The normalized spacial score (nSPS) is 17.3. The number of hydrogen-bond donors (Lipinski definition) is 2. The van der Waals surface area contributed by atoms with Crippen LogP contribution in [0.2, 0.25) is 0 Å². The lowest BCUT2D eigenvalue weighted by Gasteiger charge is -2.37. The summed E-state index contributed by atoms with van der Waals surface area (Å²) in [4.78, 5) is 33.7. The molecule has 0 spiro atoms. The van der Waals surface area contributed by atoms with E-state index in [1.165, 1.54) is 17.0 Å². The Morgan fingerprint density at radius 3 is 2.37 bits per heavy atom. The van der Waals surface area contributed by atoms with Crippen molar-refractivity contribution in [3.63, 3.8) is 0 Å². The van der Waals surface area contributed by atoms with E-state index in [-0.39, 0.29) is 16.7 Å². The first-order valence-corrected chi connectivity index (χ1v) is 12.7. The molecule has 2 N–H and O–H groups in total. The number of nitrogens with zero attached hydrogens (tertiary/aromatic N) is 4. The van der Waals surface area contributed by atoms with Crippen LogP contribution in [0, 0.1) is 0 Å². The van der Waals surface area contributed by atoms with Crippen LogP contribution >= 0.6 is 0 Å². The molecule has 0 radical (unpaired) electrons. The Hall–Kier alpha value is -3.25. The van der Waals surface area contributed by atoms with E-state index in [2.05, 4.69) is 21.6 Å². The molecule has 10 nitrogen and oxygen atoms in total. The van der Waals surface area contributed by atoms with Gasteiger partial charge in [-0.1, -0.05) is 6.58 Å². The lowest BCUT2D eigenvalue weighted by atomic mass is 10.1. The number of piperazine rings is 1. The minimum atomic E-state index is -3.84. The van der Waals surface area contributed by atoms with Gasteiger partial charge in [-0.15, -0.1) is 0 Å². The topological polar surface area (TPSA) is 115 Å². The summed E-state index contributed by atoms with van der Waals surface area (Å²) in [6, 6.07) is 6.21. The largest absolute Gasteiger partial charge is 0.367 e. The Bertz CT molecular complexity index is 1300. The Morgan fingerprint density at radius 2 is 1.80 bits per heavy atom. The van der Waals surface area contributed by atoms with Crippen molar-refractivity contribution < 1.29 is 22.4 Å². The lowest BCUT2D eigenvalue weighted by Crippen LogP contribution is -2.51. The number of benzene rings is 1. The molecule has 1 saturated carbocycles. The number of hydrogen-bond acceptors (Lipinski definition) is 6. The zero-order chi connectivity index (χ0) is 25.5. The molecule has 2 fully saturated rings. The molecule has 0 unspecified atom stereocenters. The Kier molecular flexibility index (Phi) is 6.45. The van der Waals surface area contributed by atoms with Gasteiger partial charge in [0, 0.05) is 56.9 Å². The summed E-state index contributed by atoms with van der Waals surface area (Å²) < 4.78 is 42.3. The molecule has 2 aliphatic rings. The maximum absolute atomic E-state index is 13.2. The van der Waals surface area contributed by atoms with Gasteiger partial charge in [0.2, 0.25) is 10.0 Å². The number of pyridine rings is 1. The van der Waals surface area contributed by atoms with Gasteiger partial charge in [-0.3, -0.25) is 4.79 Å². The molecule has 3 amide bonds. The van der Waals surface area contributed by atoms with Crippen molar-refractivity contribution in [2.24, 2.45) is 0 Å². The number of sulfonamides is 1. The second kappa shape index (κ2) is 9.08. The van der Waals surface area contributed by atoms with Crippen LogP contribution in [0.4, 0.5) is 20.7 Å². The van der Waals surface area contributed by atoms with Crippen LogP contribution < -0.4 is 14.9 Å². The second-order valence-corrected chi connectivity index (χ2v) is 11.1. The molecule has 1 aromatic carbocycles. The molecule has 4 rings (SSSR count). The number of carbonyl (C=O) groups is 2. The van der Waals surface area contributed by atoms with E-state index in [1.807, 2.05) is 11.8 Å². The van der Waals surface area contributed by atoms with Gasteiger partial charge in [-0.05, 0) is 44.0 Å². The third kappa shape index (κ3) is 5.38. The van der Waals surface area contributed by atoms with E-state index < -0.39 is 27.3 Å². The quantitative estimate of drug-likeness (QED) is 0.584. The van der Waals surface area contributed by atoms with Crippen LogP contribution in [0.1, 0.15) is 19.8 Å². The van der Waals surface area contributed by atoms with Crippen molar-refractivity contribution in [3.8, 4) is 0 Å². The first-order chi connectivity index (χ1) is 16.4. The number of amides is 3. The number of rotatable bonds is 6. The Balaban J connectivity index is 1.72. The predicted molar refractivity (Wildman–Crippen MR) is 131 cm³/mol. The van der Waals surface area contributed by atoms with Crippen molar-refractivity contribution in [2.75, 3.05) is 50.5 Å². The maximum atomic E-state index is 13.2. The molecule has 2 aromatic rings. The van der Waals surface area contributed by atoms with Crippen LogP contribution in [0.5, 0.6) is 0 Å². The number of carbonyl (C=O) groups excluding carboxylic acids is 2. The van der Waals surface area contributed by atoms with Crippen molar-refractivity contribution in [1.82, 2.24) is 19.5 Å². The van der Waals surface area contributed by atoms with Crippen molar-refractivity contribution in [1.29, 1.82) is 0 Å². The molecular weight excluding hydrogens is 475 g/mol. The fourth-order valence-electron chi connectivity index (χ4n) is 3.96. The molecule has 1 saturated heterocycles. The average Bonchev–Trinajstić information content (AvgIpc) is 3.53. The Morgan fingerprint density at radius 1 is 1.14 bits per heavy atom. The molecule has 12 heteroatoms. The smallest absolute Gasteiger partial charge is 0.319 e. The molecule has 35 heavy (non-hydrogen) atoms. The number of anilines is 2. The van der Waals surface area contributed by atoms with Crippen LogP contribution in [0.25, 0.3) is 10.9 Å². The third-order valence-corrected chi connectivity index (χ3v) is 7.83. The molecule has 1 aliphatic carbocycles. The van der Waals surface area contributed by atoms with E-state index in [0.29, 0.717) is 42.8 Å². The molecule has 0 bridgehead atoms. The first-order valence-electron chi connectivity index (χ1n) is 11.2. The number of nitrogens with one attached hydrogen (secondary N) is 2. The summed E-state index contributed by atoms with van der Waals surface area (Å²) >= 11 is 0. The zero-order valence-corrected chi connectivity index (χ0v) is 20.8. The maximum Gasteiger partial charge on any atom is 0.319 e. The first kappa shape index (κ1) is 24.9. The summed E-state index contributed by atoms with van der Waals surface area (Å²) in [5.41, 5.74) is 0.524. The van der Waals surface area contributed by atoms with Crippen molar-refractivity contribution in [3.05, 3.63) is 36.7 Å². The predicted octanol–water partition coefficient (Wildman–Crippen LogP) is 2.29. The standard InChI is InChI=1S/C23H29FN6O4S/c1-15(24)21(31)26-20-6-5-17-18(25-20)13-16(35(33,34)27-23(2)7-8-23)14-19(17)29-9-11-30(12-10-29)22(32)28(3)4/h5-6,13-14,27H,1,7-12H2,2-4H3,(H,25,26,31). The summed E-state index contributed by atoms with van der Waals surface area (Å²) in [6.07, 6.45) is 1.52. The highest BCUT2D eigenvalue weighted by atomic mass is 32.2. The SMILES string of the molecule is C=C(F)C(=O)Nc1ccc2c(N3CCN(C(=O)N(C)C)CC3)cc(S(=O)(=O)NC3(C)CC3)cc2n1. The molecule has 188 valence electrons. The summed E-state index contributed by atoms with van der Waals surface area (Å²) in [7, 11) is -0.445. The van der Waals surface area contributed by atoms with E-state index in [4.69, 9.17) is 0 Å². The van der Waals surface area contributed by atoms with Gasteiger partial charge in [0.25, 0.3) is 5.91 Å². The van der Waals surface area contributed by atoms with Gasteiger partial charge < -0.3 is 20.0 Å². The van der Waals surface area contributed by atoms with Gasteiger partial charge in [-0.2, -0.15) is 0 Å². The highest BCUT2D eigenvalue weighted by Crippen LogP contribution is 2.37. The van der Waals surface area contributed by atoms with E-state index in [0.717, 1.165) is 12.8 Å². The van der Waals surface area contributed by atoms with Gasteiger partial charge in [0.15, 0.2) is 5.83 Å². The zero-order valence-electron chi connectivity index (χ0n) is 20.0. The molecule has 1 aromatic heterocycles. The number of aromatic nitrogens is 1. The van der Waals surface area contributed by atoms with Gasteiger partial charge in [-0.25, -0.2) is 27.3 Å². The molecule has 0 atom stereocenters.